The Bertz CT molecular complexity index is 1010. The number of esters is 2. The summed E-state index contributed by atoms with van der Waals surface area (Å²) in [7, 11) is 2.50. The van der Waals surface area contributed by atoms with Gasteiger partial charge in [-0.1, -0.05) is 30.7 Å². The van der Waals surface area contributed by atoms with Crippen LogP contribution in [-0.4, -0.2) is 46.0 Å². The van der Waals surface area contributed by atoms with Crippen LogP contribution in [0.2, 0.25) is 5.02 Å². The number of aromatic nitrogens is 4. The van der Waals surface area contributed by atoms with E-state index in [-0.39, 0.29) is 17.8 Å². The maximum absolute atomic E-state index is 12.1. The molecule has 0 saturated heterocycles. The molecule has 0 saturated carbocycles. The summed E-state index contributed by atoms with van der Waals surface area (Å²) in [4.78, 5) is 24.0. The number of halogens is 1. The number of carbonyl (C=O) groups excluding carboxylic acids is 2. The van der Waals surface area contributed by atoms with Crippen molar-refractivity contribution in [2.45, 2.75) is 19.8 Å². The third kappa shape index (κ3) is 3.48. The molecule has 0 aliphatic heterocycles. The number of methoxy groups -OCH3 is 2. The summed E-state index contributed by atoms with van der Waals surface area (Å²) in [6.45, 7) is 1.95. The van der Waals surface area contributed by atoms with Gasteiger partial charge in [-0.15, -0.1) is 10.2 Å². The van der Waals surface area contributed by atoms with Crippen LogP contribution in [0.25, 0.3) is 16.8 Å². The Morgan fingerprint density at radius 2 is 1.81 bits per heavy atom. The number of nitrogens with zero attached hydrogens (tertiary/aromatic N) is 4. The van der Waals surface area contributed by atoms with Crippen molar-refractivity contribution in [2.24, 2.45) is 0 Å². The lowest BCUT2D eigenvalue weighted by Gasteiger charge is -2.08. The van der Waals surface area contributed by atoms with E-state index in [0.717, 1.165) is 16.8 Å². The summed E-state index contributed by atoms with van der Waals surface area (Å²) in [5.74, 6) is -1.24. The number of hydrogen-bond donors (Lipinski definition) is 0. The van der Waals surface area contributed by atoms with Crippen molar-refractivity contribution in [2.75, 3.05) is 14.2 Å². The molecule has 8 nitrogen and oxygen atoms in total. The van der Waals surface area contributed by atoms with Crippen molar-refractivity contribution in [3.05, 3.63) is 46.4 Å². The van der Waals surface area contributed by atoms with Crippen LogP contribution < -0.4 is 0 Å². The van der Waals surface area contributed by atoms with Crippen molar-refractivity contribution in [1.82, 2.24) is 19.8 Å². The van der Waals surface area contributed by atoms with E-state index < -0.39 is 11.9 Å². The molecule has 0 aliphatic carbocycles. The molecule has 3 aromatic rings. The van der Waals surface area contributed by atoms with Crippen molar-refractivity contribution in [3.63, 3.8) is 0 Å². The van der Waals surface area contributed by atoms with Crippen LogP contribution in [0.3, 0.4) is 0 Å². The molecule has 2 aromatic heterocycles. The predicted molar refractivity (Wildman–Crippen MR) is 97.7 cm³/mol. The molecule has 0 unspecified atom stereocenters. The third-order valence-electron chi connectivity index (χ3n) is 4.09. The smallest absolute Gasteiger partial charge is 0.360 e. The average Bonchev–Trinajstić information content (AvgIpc) is 3.07. The Kier molecular flexibility index (Phi) is 5.36. The molecule has 1 aromatic carbocycles. The Morgan fingerprint density at radius 3 is 2.41 bits per heavy atom. The van der Waals surface area contributed by atoms with E-state index in [0.29, 0.717) is 17.1 Å². The maximum atomic E-state index is 12.1. The number of ether oxygens (including phenoxy) is 2. The fourth-order valence-corrected chi connectivity index (χ4v) is 2.90. The first kappa shape index (κ1) is 18.8. The largest absolute Gasteiger partial charge is 0.469 e. The standard InChI is InChI=1S/C18H17ClN4O4/c1-4-12-15(10-5-7-11(19)8-6-10)17-21-20-16(18(25)27-3)13(23(17)22-12)9-14(24)26-2/h5-8H,4,9H2,1-3H3. The first-order valence-corrected chi connectivity index (χ1v) is 8.56. The van der Waals surface area contributed by atoms with Gasteiger partial charge in [-0.25, -0.2) is 9.31 Å². The van der Waals surface area contributed by atoms with Crippen LogP contribution in [0.15, 0.2) is 24.3 Å². The van der Waals surface area contributed by atoms with Crippen LogP contribution >= 0.6 is 11.6 Å². The van der Waals surface area contributed by atoms with Gasteiger partial charge in [0.1, 0.15) is 0 Å². The molecular weight excluding hydrogens is 372 g/mol. The van der Waals surface area contributed by atoms with Crippen LogP contribution in [0.1, 0.15) is 28.8 Å². The second-order valence-electron chi connectivity index (χ2n) is 5.66. The maximum Gasteiger partial charge on any atom is 0.360 e. The first-order chi connectivity index (χ1) is 13.0. The molecular formula is C18H17ClN4O4. The summed E-state index contributed by atoms with van der Waals surface area (Å²) in [6, 6.07) is 7.25. The molecule has 0 aliphatic rings. The van der Waals surface area contributed by atoms with Crippen LogP contribution in [0.5, 0.6) is 0 Å². The minimum Gasteiger partial charge on any atom is -0.469 e. The van der Waals surface area contributed by atoms with Gasteiger partial charge in [0, 0.05) is 5.02 Å². The van der Waals surface area contributed by atoms with Gasteiger partial charge in [-0.2, -0.15) is 5.10 Å². The van der Waals surface area contributed by atoms with Crippen molar-refractivity contribution in [1.29, 1.82) is 0 Å². The molecule has 0 fully saturated rings. The molecule has 0 N–H and O–H groups in total. The minimum absolute atomic E-state index is 0.0804. The zero-order valence-corrected chi connectivity index (χ0v) is 15.8. The van der Waals surface area contributed by atoms with E-state index in [9.17, 15) is 9.59 Å². The average molecular weight is 389 g/mol. The zero-order chi connectivity index (χ0) is 19.6. The van der Waals surface area contributed by atoms with E-state index in [1.165, 1.54) is 18.7 Å². The molecule has 0 atom stereocenters. The molecule has 3 rings (SSSR count). The molecule has 27 heavy (non-hydrogen) atoms. The van der Waals surface area contributed by atoms with Crippen LogP contribution in [-0.2, 0) is 27.1 Å². The van der Waals surface area contributed by atoms with Gasteiger partial charge in [0.25, 0.3) is 0 Å². The Balaban J connectivity index is 2.30. The topological polar surface area (TPSA) is 95.7 Å². The van der Waals surface area contributed by atoms with Gasteiger partial charge in [0.05, 0.1) is 37.6 Å². The van der Waals surface area contributed by atoms with Gasteiger partial charge in [0.2, 0.25) is 0 Å². The van der Waals surface area contributed by atoms with E-state index in [1.807, 2.05) is 19.1 Å². The highest BCUT2D eigenvalue weighted by atomic mass is 35.5. The van der Waals surface area contributed by atoms with Crippen LogP contribution in [0.4, 0.5) is 0 Å². The number of aryl methyl sites for hydroxylation is 1. The number of carbonyl (C=O) groups is 2. The molecule has 9 heteroatoms. The van der Waals surface area contributed by atoms with E-state index in [1.54, 1.807) is 12.1 Å². The van der Waals surface area contributed by atoms with Crippen molar-refractivity contribution >= 4 is 29.2 Å². The number of hydrogen-bond acceptors (Lipinski definition) is 7. The number of benzene rings is 1. The summed E-state index contributed by atoms with van der Waals surface area (Å²) in [6.07, 6.45) is 0.421. The number of rotatable bonds is 5. The second kappa shape index (κ2) is 7.71. The Morgan fingerprint density at radius 1 is 1.11 bits per heavy atom. The lowest BCUT2D eigenvalue weighted by Crippen LogP contribution is -2.19. The van der Waals surface area contributed by atoms with Gasteiger partial charge in [-0.05, 0) is 24.1 Å². The van der Waals surface area contributed by atoms with Gasteiger partial charge < -0.3 is 9.47 Å². The van der Waals surface area contributed by atoms with Gasteiger partial charge >= 0.3 is 11.9 Å². The monoisotopic (exact) mass is 388 g/mol. The second-order valence-corrected chi connectivity index (χ2v) is 6.09. The van der Waals surface area contributed by atoms with E-state index in [4.69, 9.17) is 21.1 Å². The first-order valence-electron chi connectivity index (χ1n) is 8.18. The fraction of sp³-hybridized carbons (Fsp3) is 0.278. The zero-order valence-electron chi connectivity index (χ0n) is 15.0. The molecule has 0 spiro atoms. The molecule has 0 amide bonds. The highest BCUT2D eigenvalue weighted by molar-refractivity contribution is 6.30. The predicted octanol–water partition coefficient (Wildman–Crippen LogP) is 2.51. The molecule has 2 heterocycles. The third-order valence-corrected chi connectivity index (χ3v) is 4.35. The summed E-state index contributed by atoms with van der Waals surface area (Å²) < 4.78 is 10.9. The van der Waals surface area contributed by atoms with Gasteiger partial charge in [0.15, 0.2) is 11.3 Å². The molecule has 0 bridgehead atoms. The summed E-state index contributed by atoms with van der Waals surface area (Å²) >= 11 is 5.98. The highest BCUT2D eigenvalue weighted by Gasteiger charge is 2.25. The fourth-order valence-electron chi connectivity index (χ4n) is 2.77. The molecule has 0 radical (unpaired) electrons. The van der Waals surface area contributed by atoms with Gasteiger partial charge in [-0.3, -0.25) is 4.79 Å². The van der Waals surface area contributed by atoms with Crippen LogP contribution in [0, 0.1) is 0 Å². The Labute approximate surface area is 160 Å². The van der Waals surface area contributed by atoms with E-state index >= 15 is 0 Å². The Hall–Kier alpha value is -3.00. The number of fused-ring (bicyclic) bond motifs is 1. The molecule has 140 valence electrons. The van der Waals surface area contributed by atoms with Crippen molar-refractivity contribution < 1.29 is 19.1 Å². The highest BCUT2D eigenvalue weighted by Crippen LogP contribution is 2.30. The quantitative estimate of drug-likeness (QED) is 0.619. The normalized spacial score (nSPS) is 10.8. The minimum atomic E-state index is -0.704. The summed E-state index contributed by atoms with van der Waals surface area (Å²) in [5.41, 5.74) is 2.98. The SMILES string of the molecule is CCc1nn2c(CC(=O)OC)c(C(=O)OC)nnc2c1-c1ccc(Cl)cc1. The lowest BCUT2D eigenvalue weighted by atomic mass is 10.0. The van der Waals surface area contributed by atoms with Crippen molar-refractivity contribution in [3.8, 4) is 11.1 Å². The summed E-state index contributed by atoms with van der Waals surface area (Å²) in [5, 5.41) is 13.3. The van der Waals surface area contributed by atoms with E-state index in [2.05, 4.69) is 15.3 Å². The lowest BCUT2D eigenvalue weighted by molar-refractivity contribution is -0.139.